The average molecular weight is 360 g/mol. The van der Waals surface area contributed by atoms with Gasteiger partial charge < -0.3 is 24.1 Å². The molecule has 7 heteroatoms. The molecule has 0 radical (unpaired) electrons. The van der Waals surface area contributed by atoms with Crippen LogP contribution in [-0.4, -0.2) is 40.5 Å². The molecule has 0 amide bonds. The summed E-state index contributed by atoms with van der Waals surface area (Å²) in [5, 5.41) is 22.7. The van der Waals surface area contributed by atoms with Crippen LogP contribution < -0.4 is 0 Å². The summed E-state index contributed by atoms with van der Waals surface area (Å²) in [6.45, 7) is 1.91. The van der Waals surface area contributed by atoms with E-state index in [-0.39, 0.29) is 43.3 Å². The van der Waals surface area contributed by atoms with Crippen molar-refractivity contribution >= 4 is 11.8 Å². The first-order valence-corrected chi connectivity index (χ1v) is 9.17. The van der Waals surface area contributed by atoms with E-state index in [4.69, 9.17) is 13.9 Å². The molecule has 1 aromatic rings. The lowest BCUT2D eigenvalue weighted by Gasteiger charge is -2.67. The number of rotatable bonds is 0. The summed E-state index contributed by atoms with van der Waals surface area (Å²) in [5.74, 6) is -2.52. The molecule has 26 heavy (non-hydrogen) atoms. The zero-order valence-corrected chi connectivity index (χ0v) is 14.4. The van der Waals surface area contributed by atoms with Crippen molar-refractivity contribution in [3.8, 4) is 0 Å². The molecule has 7 nitrogen and oxygen atoms in total. The van der Waals surface area contributed by atoms with E-state index in [1.165, 1.54) is 6.26 Å². The van der Waals surface area contributed by atoms with Crippen molar-refractivity contribution in [1.29, 1.82) is 0 Å². The summed E-state index contributed by atoms with van der Waals surface area (Å²) in [5.41, 5.74) is -2.75. The van der Waals surface area contributed by atoms with Crippen molar-refractivity contribution in [2.24, 2.45) is 22.7 Å². The molecule has 2 unspecified atom stereocenters. The molecule has 2 saturated carbocycles. The number of carbonyl (C=O) groups excluding carboxylic acids is 2. The Labute approximate surface area is 149 Å². The minimum atomic E-state index is -1.55. The van der Waals surface area contributed by atoms with Crippen molar-refractivity contribution in [3.05, 3.63) is 23.7 Å². The molecular formula is C19H20O7. The van der Waals surface area contributed by atoms with Crippen LogP contribution in [0.25, 0.3) is 0 Å². The molecule has 7 rings (SSSR count). The average Bonchev–Trinajstić information content (AvgIpc) is 3.19. The molecule has 6 aliphatic rings. The van der Waals surface area contributed by atoms with Gasteiger partial charge in [-0.25, -0.2) is 0 Å². The Morgan fingerprint density at radius 2 is 2.04 bits per heavy atom. The topological polar surface area (TPSA) is 106 Å². The fraction of sp³-hybridized carbons (Fsp3) is 0.684. The standard InChI is InChI=1S/C19H20O7/c1-16-13-11(26-15(16)21)7-18(22)12(6-10(20)9-2-5-24-14(9)18)17(13)3-4-19(16,23)25-8-17/h2,5,11-13,22-23H,3-4,6-8H2,1H3/t11-,12+,13+,16+,17?,18+,19?/m1/s1. The molecular weight excluding hydrogens is 340 g/mol. The van der Waals surface area contributed by atoms with E-state index in [0.29, 0.717) is 12.0 Å². The third-order valence-corrected chi connectivity index (χ3v) is 8.15. The van der Waals surface area contributed by atoms with Crippen LogP contribution in [0.3, 0.4) is 0 Å². The van der Waals surface area contributed by atoms with Gasteiger partial charge in [0.2, 0.25) is 0 Å². The van der Waals surface area contributed by atoms with Crippen molar-refractivity contribution in [3.63, 3.8) is 0 Å². The first-order chi connectivity index (χ1) is 12.3. The molecule has 3 aliphatic heterocycles. The number of aliphatic hydroxyl groups is 2. The van der Waals surface area contributed by atoms with Gasteiger partial charge in [-0.1, -0.05) is 0 Å². The summed E-state index contributed by atoms with van der Waals surface area (Å²) < 4.78 is 17.1. The summed E-state index contributed by atoms with van der Waals surface area (Å²) in [7, 11) is 0. The first kappa shape index (κ1) is 15.4. The highest BCUT2D eigenvalue weighted by molar-refractivity contribution is 5.99. The SMILES string of the molecule is C[C@]12C(=O)O[C@@H]3C[C@@]4(O)c5occc5C(=O)C[C@H]4C4(CCC1(O)OC4)[C@@H]32. The molecule has 1 spiro atoms. The van der Waals surface area contributed by atoms with Gasteiger partial charge in [-0.15, -0.1) is 0 Å². The molecule has 4 heterocycles. The van der Waals surface area contributed by atoms with Gasteiger partial charge in [0, 0.05) is 36.5 Å². The Bertz CT molecular complexity index is 863. The number of ether oxygens (including phenoxy) is 2. The fourth-order valence-corrected chi connectivity index (χ4v) is 6.99. The summed E-state index contributed by atoms with van der Waals surface area (Å²) in [6.07, 6.45) is 2.11. The molecule has 5 fully saturated rings. The molecule has 138 valence electrons. The predicted octanol–water partition coefficient (Wildman–Crippen LogP) is 1.12. The molecule has 3 aliphatic carbocycles. The van der Waals surface area contributed by atoms with Crippen LogP contribution in [0, 0.1) is 22.7 Å². The van der Waals surface area contributed by atoms with Gasteiger partial charge in [0.25, 0.3) is 0 Å². The van der Waals surface area contributed by atoms with Gasteiger partial charge in [-0.2, -0.15) is 0 Å². The molecule has 2 bridgehead atoms. The lowest BCUT2D eigenvalue weighted by atomic mass is 9.40. The Hall–Kier alpha value is -1.70. The number of hydrogen-bond donors (Lipinski definition) is 2. The van der Waals surface area contributed by atoms with E-state index in [0.717, 1.165) is 0 Å². The van der Waals surface area contributed by atoms with Gasteiger partial charge in [0.1, 0.15) is 22.9 Å². The third-order valence-electron chi connectivity index (χ3n) is 8.15. The molecule has 0 aromatic carbocycles. The number of ketones is 1. The number of furan rings is 1. The van der Waals surface area contributed by atoms with Gasteiger partial charge in [0.15, 0.2) is 11.6 Å². The minimum absolute atomic E-state index is 0.0606. The van der Waals surface area contributed by atoms with E-state index in [1.807, 2.05) is 0 Å². The maximum atomic E-state index is 12.8. The third kappa shape index (κ3) is 1.30. The lowest BCUT2D eigenvalue weighted by molar-refractivity contribution is -0.385. The van der Waals surface area contributed by atoms with E-state index in [1.54, 1.807) is 13.0 Å². The second-order valence-electron chi connectivity index (χ2n) is 8.90. The van der Waals surface area contributed by atoms with Crippen LogP contribution in [0.15, 0.2) is 16.7 Å². The van der Waals surface area contributed by atoms with Crippen molar-refractivity contribution < 1.29 is 33.7 Å². The van der Waals surface area contributed by atoms with Crippen LogP contribution in [0.5, 0.6) is 0 Å². The Kier molecular flexibility index (Phi) is 2.41. The van der Waals surface area contributed by atoms with Gasteiger partial charge in [-0.05, 0) is 19.4 Å². The van der Waals surface area contributed by atoms with Crippen molar-refractivity contribution in [2.45, 2.75) is 50.1 Å². The monoisotopic (exact) mass is 360 g/mol. The highest BCUT2D eigenvalue weighted by Crippen LogP contribution is 2.74. The second-order valence-corrected chi connectivity index (χ2v) is 8.90. The van der Waals surface area contributed by atoms with Crippen LogP contribution in [0.2, 0.25) is 0 Å². The number of carbonyl (C=O) groups is 2. The maximum absolute atomic E-state index is 12.8. The number of fused-ring (bicyclic) bond motifs is 5. The second kappa shape index (κ2) is 4.08. The first-order valence-electron chi connectivity index (χ1n) is 9.17. The number of esters is 1. The van der Waals surface area contributed by atoms with Crippen LogP contribution in [0.1, 0.15) is 48.7 Å². The van der Waals surface area contributed by atoms with Gasteiger partial charge >= 0.3 is 5.97 Å². The van der Waals surface area contributed by atoms with Crippen LogP contribution in [0.4, 0.5) is 0 Å². The summed E-state index contributed by atoms with van der Waals surface area (Å²) >= 11 is 0. The number of Topliss-reactive ketones (excluding diaryl/α,β-unsaturated/α-hetero) is 1. The fourth-order valence-electron chi connectivity index (χ4n) is 6.99. The highest BCUT2D eigenvalue weighted by atomic mass is 16.6. The smallest absolute Gasteiger partial charge is 0.318 e. The molecule has 3 saturated heterocycles. The van der Waals surface area contributed by atoms with Crippen LogP contribution in [-0.2, 0) is 19.9 Å². The van der Waals surface area contributed by atoms with E-state index in [9.17, 15) is 19.8 Å². The lowest BCUT2D eigenvalue weighted by Crippen LogP contribution is -2.74. The van der Waals surface area contributed by atoms with Crippen LogP contribution >= 0.6 is 0 Å². The van der Waals surface area contributed by atoms with E-state index in [2.05, 4.69) is 0 Å². The number of hydrogen-bond acceptors (Lipinski definition) is 7. The Balaban J connectivity index is 1.60. The maximum Gasteiger partial charge on any atom is 0.318 e. The highest BCUT2D eigenvalue weighted by Gasteiger charge is 2.82. The van der Waals surface area contributed by atoms with Gasteiger partial charge in [-0.3, -0.25) is 9.59 Å². The quantitative estimate of drug-likeness (QED) is 0.668. The molecule has 7 atom stereocenters. The predicted molar refractivity (Wildman–Crippen MR) is 83.7 cm³/mol. The van der Waals surface area contributed by atoms with Crippen molar-refractivity contribution in [1.82, 2.24) is 0 Å². The van der Waals surface area contributed by atoms with E-state index >= 15 is 0 Å². The minimum Gasteiger partial charge on any atom is -0.465 e. The zero-order chi connectivity index (χ0) is 18.1. The summed E-state index contributed by atoms with van der Waals surface area (Å²) in [4.78, 5) is 25.5. The Morgan fingerprint density at radius 3 is 2.77 bits per heavy atom. The Morgan fingerprint density at radius 1 is 1.23 bits per heavy atom. The van der Waals surface area contributed by atoms with E-state index < -0.39 is 40.2 Å². The normalized spacial score (nSPS) is 53.7. The molecule has 2 N–H and O–H groups in total. The largest absolute Gasteiger partial charge is 0.465 e. The van der Waals surface area contributed by atoms with Gasteiger partial charge in [0.05, 0.1) is 18.4 Å². The zero-order valence-electron chi connectivity index (χ0n) is 14.4. The summed E-state index contributed by atoms with van der Waals surface area (Å²) in [6, 6.07) is 1.59. The van der Waals surface area contributed by atoms with Crippen molar-refractivity contribution in [2.75, 3.05) is 6.61 Å². The molecule has 1 aromatic heterocycles.